The van der Waals surface area contributed by atoms with Gasteiger partial charge < -0.3 is 10.5 Å². The Balaban J connectivity index is 0.000000315. The molecule has 0 amide bonds. The molecule has 18 heavy (non-hydrogen) atoms. The fraction of sp³-hybridized carbons (Fsp3) is 0.562. The summed E-state index contributed by atoms with van der Waals surface area (Å²) < 4.78 is 0. The predicted molar refractivity (Wildman–Crippen MR) is 78.8 cm³/mol. The monoisotopic (exact) mass is 249 g/mol. The van der Waals surface area contributed by atoms with E-state index in [0.717, 1.165) is 12.8 Å². The second-order valence-corrected chi connectivity index (χ2v) is 4.43. The van der Waals surface area contributed by atoms with E-state index in [9.17, 15) is 4.79 Å². The van der Waals surface area contributed by atoms with E-state index >= 15 is 0 Å². The predicted octanol–water partition coefficient (Wildman–Crippen LogP) is 3.52. The van der Waals surface area contributed by atoms with Crippen molar-refractivity contribution in [2.75, 3.05) is 7.05 Å². The van der Waals surface area contributed by atoms with Gasteiger partial charge in [0.1, 0.15) is 5.78 Å². The minimum Gasteiger partial charge on any atom is -0.333 e. The van der Waals surface area contributed by atoms with Gasteiger partial charge in [0, 0.05) is 6.42 Å². The lowest BCUT2D eigenvalue weighted by molar-refractivity contribution is -0.117. The Morgan fingerprint density at radius 3 is 1.83 bits per heavy atom. The fourth-order valence-electron chi connectivity index (χ4n) is 2.03. The topological polar surface area (TPSA) is 43.1 Å². The molecule has 1 aliphatic carbocycles. The molecular formula is C16H27NO. The van der Waals surface area contributed by atoms with E-state index in [-0.39, 0.29) is 5.78 Å². The van der Waals surface area contributed by atoms with Crippen LogP contribution >= 0.6 is 0 Å². The SMILES string of the molecule is CCCC(C)=O.CN.c1ccc2c(c1)CCCC2. The molecule has 0 heterocycles. The Hall–Kier alpha value is -1.15. The van der Waals surface area contributed by atoms with Crippen molar-refractivity contribution in [2.45, 2.75) is 52.4 Å². The zero-order valence-electron chi connectivity index (χ0n) is 12.0. The number of rotatable bonds is 2. The Morgan fingerprint density at radius 1 is 1.11 bits per heavy atom. The number of Topliss-reactive ketones (excluding diaryl/α,β-unsaturated/α-hetero) is 1. The van der Waals surface area contributed by atoms with Crippen molar-refractivity contribution in [3.05, 3.63) is 35.4 Å². The molecule has 2 nitrogen and oxygen atoms in total. The van der Waals surface area contributed by atoms with Crippen LogP contribution in [0, 0.1) is 0 Å². The lowest BCUT2D eigenvalue weighted by atomic mass is 9.92. The number of nitrogens with two attached hydrogens (primary N) is 1. The van der Waals surface area contributed by atoms with Gasteiger partial charge in [-0.05, 0) is 57.2 Å². The standard InChI is InChI=1S/C10H12.C5H10O.CH5N/c1-2-6-10-8-4-3-7-9(10)5-1;1-3-4-5(2)6;1-2/h1-2,5-6H,3-4,7-8H2;3-4H2,1-2H3;2H2,1H3. The lowest BCUT2D eigenvalue weighted by Crippen LogP contribution is -2.00. The van der Waals surface area contributed by atoms with Gasteiger partial charge in [-0.25, -0.2) is 0 Å². The van der Waals surface area contributed by atoms with Crippen LogP contribution in [0.5, 0.6) is 0 Å². The van der Waals surface area contributed by atoms with Crippen molar-refractivity contribution in [1.82, 2.24) is 0 Å². The average molecular weight is 249 g/mol. The molecule has 0 spiro atoms. The van der Waals surface area contributed by atoms with E-state index in [1.54, 1.807) is 18.1 Å². The molecule has 1 aromatic rings. The molecule has 0 radical (unpaired) electrons. The van der Waals surface area contributed by atoms with Crippen LogP contribution in [0.3, 0.4) is 0 Å². The highest BCUT2D eigenvalue weighted by Gasteiger charge is 2.05. The van der Waals surface area contributed by atoms with Gasteiger partial charge in [0.15, 0.2) is 0 Å². The molecule has 1 aromatic carbocycles. The zero-order chi connectivity index (χ0) is 13.8. The molecule has 1 aliphatic rings. The van der Waals surface area contributed by atoms with Crippen LogP contribution in [0.4, 0.5) is 0 Å². The maximum absolute atomic E-state index is 10.0. The zero-order valence-corrected chi connectivity index (χ0v) is 12.0. The molecule has 0 aliphatic heterocycles. The summed E-state index contributed by atoms with van der Waals surface area (Å²) in [6, 6.07) is 8.80. The molecule has 2 heteroatoms. The smallest absolute Gasteiger partial charge is 0.129 e. The Kier molecular flexibility index (Phi) is 10.3. The van der Waals surface area contributed by atoms with Crippen LogP contribution in [0.2, 0.25) is 0 Å². The number of benzene rings is 1. The van der Waals surface area contributed by atoms with E-state index in [1.807, 2.05) is 6.92 Å². The van der Waals surface area contributed by atoms with Gasteiger partial charge in [0.2, 0.25) is 0 Å². The summed E-state index contributed by atoms with van der Waals surface area (Å²) in [6.45, 7) is 3.62. The van der Waals surface area contributed by atoms with Gasteiger partial charge in [0.25, 0.3) is 0 Å². The highest BCUT2D eigenvalue weighted by Crippen LogP contribution is 2.19. The summed E-state index contributed by atoms with van der Waals surface area (Å²) in [7, 11) is 1.50. The Morgan fingerprint density at radius 2 is 1.56 bits per heavy atom. The van der Waals surface area contributed by atoms with Crippen LogP contribution in [-0.2, 0) is 17.6 Å². The molecule has 0 saturated heterocycles. The third-order valence-corrected chi connectivity index (χ3v) is 2.86. The molecule has 0 fully saturated rings. The molecule has 0 atom stereocenters. The van der Waals surface area contributed by atoms with Crippen molar-refractivity contribution in [2.24, 2.45) is 5.73 Å². The van der Waals surface area contributed by atoms with Crippen molar-refractivity contribution < 1.29 is 4.79 Å². The lowest BCUT2D eigenvalue weighted by Gasteiger charge is -2.13. The average Bonchev–Trinajstić information content (AvgIpc) is 2.42. The summed E-state index contributed by atoms with van der Waals surface area (Å²) in [5.74, 6) is 0.289. The fourth-order valence-corrected chi connectivity index (χ4v) is 2.03. The van der Waals surface area contributed by atoms with Crippen molar-refractivity contribution in [3.8, 4) is 0 Å². The summed E-state index contributed by atoms with van der Waals surface area (Å²) in [5.41, 5.74) is 7.66. The van der Waals surface area contributed by atoms with E-state index in [2.05, 4.69) is 30.0 Å². The van der Waals surface area contributed by atoms with Crippen molar-refractivity contribution >= 4 is 5.78 Å². The minimum atomic E-state index is 0.289. The van der Waals surface area contributed by atoms with Gasteiger partial charge in [-0.15, -0.1) is 0 Å². The van der Waals surface area contributed by atoms with E-state index in [1.165, 1.54) is 32.7 Å². The van der Waals surface area contributed by atoms with Gasteiger partial charge in [-0.1, -0.05) is 31.2 Å². The van der Waals surface area contributed by atoms with Gasteiger partial charge in [-0.3, -0.25) is 0 Å². The summed E-state index contributed by atoms with van der Waals surface area (Å²) >= 11 is 0. The maximum Gasteiger partial charge on any atom is 0.129 e. The van der Waals surface area contributed by atoms with Crippen LogP contribution < -0.4 is 5.73 Å². The number of ketones is 1. The highest BCUT2D eigenvalue weighted by molar-refractivity contribution is 5.75. The van der Waals surface area contributed by atoms with Crippen molar-refractivity contribution in [3.63, 3.8) is 0 Å². The maximum atomic E-state index is 10.0. The van der Waals surface area contributed by atoms with E-state index in [4.69, 9.17) is 0 Å². The quantitative estimate of drug-likeness (QED) is 0.871. The first kappa shape index (κ1) is 16.9. The number of hydrogen-bond acceptors (Lipinski definition) is 2. The summed E-state index contributed by atoms with van der Waals surface area (Å²) in [4.78, 5) is 10.0. The van der Waals surface area contributed by atoms with Crippen LogP contribution in [0.15, 0.2) is 24.3 Å². The van der Waals surface area contributed by atoms with Crippen molar-refractivity contribution in [1.29, 1.82) is 0 Å². The third kappa shape index (κ3) is 7.23. The third-order valence-electron chi connectivity index (χ3n) is 2.86. The highest BCUT2D eigenvalue weighted by atomic mass is 16.1. The summed E-state index contributed by atoms with van der Waals surface area (Å²) in [6.07, 6.45) is 7.09. The molecule has 0 saturated carbocycles. The number of carbonyl (C=O) groups excluding carboxylic acids is 1. The molecule has 102 valence electrons. The molecule has 0 bridgehead atoms. The van der Waals surface area contributed by atoms with Gasteiger partial charge >= 0.3 is 0 Å². The van der Waals surface area contributed by atoms with Crippen LogP contribution in [-0.4, -0.2) is 12.8 Å². The van der Waals surface area contributed by atoms with Gasteiger partial charge in [-0.2, -0.15) is 0 Å². The van der Waals surface area contributed by atoms with E-state index in [0.29, 0.717) is 0 Å². The molecule has 2 N–H and O–H groups in total. The minimum absolute atomic E-state index is 0.289. The number of fused-ring (bicyclic) bond motifs is 1. The second kappa shape index (κ2) is 11.0. The molecular weight excluding hydrogens is 222 g/mol. The number of aryl methyl sites for hydroxylation is 2. The first-order valence-electron chi connectivity index (χ1n) is 6.88. The second-order valence-electron chi connectivity index (χ2n) is 4.43. The van der Waals surface area contributed by atoms with Crippen LogP contribution in [0.25, 0.3) is 0 Å². The molecule has 2 rings (SSSR count). The first-order valence-corrected chi connectivity index (χ1v) is 6.88. The first-order chi connectivity index (χ1) is 8.74. The number of hydrogen-bond donors (Lipinski definition) is 1. The normalized spacial score (nSPS) is 12.2. The number of carbonyl (C=O) groups is 1. The molecule has 0 aromatic heterocycles. The summed E-state index contributed by atoms with van der Waals surface area (Å²) in [5, 5.41) is 0. The van der Waals surface area contributed by atoms with E-state index < -0.39 is 0 Å². The largest absolute Gasteiger partial charge is 0.333 e. The van der Waals surface area contributed by atoms with Gasteiger partial charge in [0.05, 0.1) is 0 Å². The Labute approximate surface area is 112 Å². The molecule has 0 unspecified atom stereocenters. The Bertz CT molecular complexity index is 309. The van der Waals surface area contributed by atoms with Crippen LogP contribution in [0.1, 0.15) is 50.7 Å².